The van der Waals surface area contributed by atoms with Crippen molar-refractivity contribution in [2.75, 3.05) is 5.88 Å². The van der Waals surface area contributed by atoms with E-state index >= 15 is 0 Å². The zero-order chi connectivity index (χ0) is 12.3. The normalized spacial score (nSPS) is 14.0. The lowest BCUT2D eigenvalue weighted by molar-refractivity contribution is 0.567. The van der Waals surface area contributed by atoms with E-state index in [4.69, 9.17) is 11.6 Å². The minimum atomic E-state index is -3.55. The highest BCUT2D eigenvalue weighted by atomic mass is 35.5. The molecule has 1 heterocycles. The van der Waals surface area contributed by atoms with Crippen LogP contribution in [0.1, 0.15) is 19.7 Å². The van der Waals surface area contributed by atoms with E-state index in [1.807, 2.05) is 6.92 Å². The molecule has 16 heavy (non-hydrogen) atoms. The maximum Gasteiger partial charge on any atom is 0.259 e. The fraction of sp³-hybridized carbons (Fsp3) is 0.667. The minimum Gasteiger partial charge on any atom is -0.334 e. The molecule has 0 aromatic carbocycles. The Hall–Kier alpha value is -0.590. The van der Waals surface area contributed by atoms with E-state index in [-0.39, 0.29) is 16.9 Å². The van der Waals surface area contributed by atoms with Crippen LogP contribution in [0.15, 0.2) is 11.2 Å². The molecular formula is C9H16ClN3O2S. The second kappa shape index (κ2) is 5.16. The Kier molecular flexibility index (Phi) is 4.35. The zero-order valence-corrected chi connectivity index (χ0v) is 11.1. The van der Waals surface area contributed by atoms with Crippen molar-refractivity contribution in [1.29, 1.82) is 0 Å². The molecule has 0 aliphatic rings. The number of halogens is 1. The van der Waals surface area contributed by atoms with Crippen molar-refractivity contribution < 1.29 is 8.42 Å². The van der Waals surface area contributed by atoms with Crippen LogP contribution in [0.25, 0.3) is 0 Å². The van der Waals surface area contributed by atoms with Crippen LogP contribution >= 0.6 is 11.6 Å². The molecule has 0 bridgehead atoms. The summed E-state index contributed by atoms with van der Waals surface area (Å²) in [6.07, 6.45) is 1.53. The molecule has 1 aromatic rings. The number of sulfonamides is 1. The Bertz CT molecular complexity index is 455. The number of aryl methyl sites for hydroxylation is 2. The number of nitrogens with one attached hydrogen (secondary N) is 1. The van der Waals surface area contributed by atoms with Crippen LogP contribution in [0.4, 0.5) is 0 Å². The number of rotatable bonds is 5. The van der Waals surface area contributed by atoms with Gasteiger partial charge in [-0.05, 0) is 20.8 Å². The van der Waals surface area contributed by atoms with Crippen LogP contribution in [-0.2, 0) is 16.6 Å². The molecule has 0 spiro atoms. The first-order valence-corrected chi connectivity index (χ1v) is 7.04. The van der Waals surface area contributed by atoms with Crippen LogP contribution in [0.3, 0.4) is 0 Å². The summed E-state index contributed by atoms with van der Waals surface area (Å²) >= 11 is 5.56. The second-order valence-corrected chi connectivity index (χ2v) is 5.56. The summed E-state index contributed by atoms with van der Waals surface area (Å²) in [7, 11) is -3.55. The second-order valence-electron chi connectivity index (χ2n) is 3.59. The van der Waals surface area contributed by atoms with Crippen LogP contribution in [0.2, 0.25) is 0 Å². The fourth-order valence-corrected chi connectivity index (χ4v) is 2.71. The van der Waals surface area contributed by atoms with Gasteiger partial charge in [0.1, 0.15) is 5.82 Å². The van der Waals surface area contributed by atoms with E-state index in [0.717, 1.165) is 0 Å². The van der Waals surface area contributed by atoms with Crippen LogP contribution in [-0.4, -0.2) is 29.9 Å². The van der Waals surface area contributed by atoms with Crippen molar-refractivity contribution >= 4 is 21.6 Å². The van der Waals surface area contributed by atoms with Gasteiger partial charge in [-0.1, -0.05) is 0 Å². The number of hydrogen-bond acceptors (Lipinski definition) is 3. The number of hydrogen-bond donors (Lipinski definition) is 1. The molecule has 0 saturated carbocycles. The third-order valence-electron chi connectivity index (χ3n) is 2.16. The molecule has 1 unspecified atom stereocenters. The Labute approximate surface area is 101 Å². The van der Waals surface area contributed by atoms with Crippen molar-refractivity contribution in [3.63, 3.8) is 0 Å². The van der Waals surface area contributed by atoms with Gasteiger partial charge in [0.15, 0.2) is 5.03 Å². The Morgan fingerprint density at radius 3 is 2.69 bits per heavy atom. The first-order chi connectivity index (χ1) is 7.40. The lowest BCUT2D eigenvalue weighted by Crippen LogP contribution is -2.33. The van der Waals surface area contributed by atoms with Gasteiger partial charge in [-0.3, -0.25) is 0 Å². The molecule has 1 aromatic heterocycles. The highest BCUT2D eigenvalue weighted by molar-refractivity contribution is 7.89. The van der Waals surface area contributed by atoms with Gasteiger partial charge in [-0.15, -0.1) is 11.6 Å². The molecule has 92 valence electrons. The third-order valence-corrected chi connectivity index (χ3v) is 4.08. The third kappa shape index (κ3) is 2.96. The summed E-state index contributed by atoms with van der Waals surface area (Å²) in [5.41, 5.74) is 0. The van der Waals surface area contributed by atoms with Gasteiger partial charge in [0, 0.05) is 24.7 Å². The summed E-state index contributed by atoms with van der Waals surface area (Å²) < 4.78 is 27.9. The highest BCUT2D eigenvalue weighted by Gasteiger charge is 2.20. The van der Waals surface area contributed by atoms with Gasteiger partial charge in [0.2, 0.25) is 0 Å². The van der Waals surface area contributed by atoms with Gasteiger partial charge in [0.05, 0.1) is 0 Å². The van der Waals surface area contributed by atoms with E-state index in [1.165, 1.54) is 6.20 Å². The summed E-state index contributed by atoms with van der Waals surface area (Å²) in [4.78, 5) is 4.01. The Morgan fingerprint density at radius 2 is 2.25 bits per heavy atom. The molecule has 0 aliphatic heterocycles. The van der Waals surface area contributed by atoms with Crippen molar-refractivity contribution in [2.24, 2.45) is 0 Å². The number of aromatic nitrogens is 2. The monoisotopic (exact) mass is 265 g/mol. The maximum absolute atomic E-state index is 11.8. The summed E-state index contributed by atoms with van der Waals surface area (Å²) in [6, 6.07) is -0.307. The van der Waals surface area contributed by atoms with E-state index in [2.05, 4.69) is 9.71 Å². The average molecular weight is 266 g/mol. The van der Waals surface area contributed by atoms with Gasteiger partial charge >= 0.3 is 0 Å². The van der Waals surface area contributed by atoms with E-state index in [9.17, 15) is 8.42 Å². The largest absolute Gasteiger partial charge is 0.334 e. The molecule has 7 heteroatoms. The zero-order valence-electron chi connectivity index (χ0n) is 9.57. The van der Waals surface area contributed by atoms with Crippen molar-refractivity contribution in [3.05, 3.63) is 12.0 Å². The van der Waals surface area contributed by atoms with Crippen molar-refractivity contribution in [3.8, 4) is 0 Å². The lowest BCUT2D eigenvalue weighted by Gasteiger charge is -2.08. The summed E-state index contributed by atoms with van der Waals surface area (Å²) in [5.74, 6) is 0.911. The highest BCUT2D eigenvalue weighted by Crippen LogP contribution is 2.09. The smallest absolute Gasteiger partial charge is 0.259 e. The average Bonchev–Trinajstić information content (AvgIpc) is 2.59. The van der Waals surface area contributed by atoms with E-state index in [1.54, 1.807) is 18.4 Å². The van der Waals surface area contributed by atoms with Crippen molar-refractivity contribution in [1.82, 2.24) is 14.3 Å². The number of nitrogens with zero attached hydrogens (tertiary/aromatic N) is 2. The molecule has 0 amide bonds. The summed E-state index contributed by atoms with van der Waals surface area (Å²) in [6.45, 7) is 6.10. The number of imidazole rings is 1. The summed E-state index contributed by atoms with van der Waals surface area (Å²) in [5, 5.41) is 0.0452. The van der Waals surface area contributed by atoms with Crippen LogP contribution < -0.4 is 4.72 Å². The predicted octanol–water partition coefficient (Wildman–Crippen LogP) is 1.12. The van der Waals surface area contributed by atoms with Gasteiger partial charge in [-0.25, -0.2) is 18.1 Å². The lowest BCUT2D eigenvalue weighted by atomic mass is 10.4. The molecule has 0 saturated heterocycles. The Morgan fingerprint density at radius 1 is 1.62 bits per heavy atom. The predicted molar refractivity (Wildman–Crippen MR) is 63.1 cm³/mol. The molecule has 1 rings (SSSR count). The molecule has 5 nitrogen and oxygen atoms in total. The van der Waals surface area contributed by atoms with Crippen molar-refractivity contribution in [2.45, 2.75) is 38.4 Å². The van der Waals surface area contributed by atoms with Gasteiger partial charge in [0.25, 0.3) is 10.0 Å². The SMILES string of the molecule is CCn1cc(S(=O)(=O)NC(C)CCl)nc1C. The molecule has 0 aliphatic carbocycles. The molecule has 0 fully saturated rings. The molecular weight excluding hydrogens is 250 g/mol. The molecule has 1 N–H and O–H groups in total. The first kappa shape index (κ1) is 13.5. The fourth-order valence-electron chi connectivity index (χ4n) is 1.29. The van der Waals surface area contributed by atoms with Gasteiger partial charge in [-0.2, -0.15) is 0 Å². The van der Waals surface area contributed by atoms with Gasteiger partial charge < -0.3 is 4.57 Å². The first-order valence-electron chi connectivity index (χ1n) is 5.02. The number of alkyl halides is 1. The molecule has 0 radical (unpaired) electrons. The molecule has 1 atom stereocenters. The minimum absolute atomic E-state index is 0.0452. The maximum atomic E-state index is 11.8. The van der Waals surface area contributed by atoms with Crippen LogP contribution in [0, 0.1) is 6.92 Å². The topological polar surface area (TPSA) is 64.0 Å². The Balaban J connectivity index is 2.98. The quantitative estimate of drug-likeness (QED) is 0.812. The van der Waals surface area contributed by atoms with E-state index in [0.29, 0.717) is 12.4 Å². The van der Waals surface area contributed by atoms with Crippen LogP contribution in [0.5, 0.6) is 0 Å². The van der Waals surface area contributed by atoms with E-state index < -0.39 is 10.0 Å². The standard InChI is InChI=1S/C9H16ClN3O2S/c1-4-13-6-9(11-8(13)3)16(14,15)12-7(2)5-10/h6-7,12H,4-5H2,1-3H3.